The van der Waals surface area contributed by atoms with Crippen molar-refractivity contribution in [1.82, 2.24) is 0 Å². The Morgan fingerprint density at radius 2 is 2.23 bits per heavy atom. The molecule has 0 fully saturated rings. The zero-order chi connectivity index (χ0) is 9.84. The molecule has 3 heteroatoms. The van der Waals surface area contributed by atoms with Crippen LogP contribution in [0.4, 0.5) is 0 Å². The Morgan fingerprint density at radius 3 is 2.77 bits per heavy atom. The van der Waals surface area contributed by atoms with Gasteiger partial charge < -0.3 is 10.8 Å². The van der Waals surface area contributed by atoms with E-state index >= 15 is 0 Å². The molecule has 0 bridgehead atoms. The Hall–Kier alpha value is -0.670. The van der Waals surface area contributed by atoms with Gasteiger partial charge in [0.15, 0.2) is 0 Å². The highest BCUT2D eigenvalue weighted by Crippen LogP contribution is 2.33. The Morgan fingerprint density at radius 1 is 1.54 bits per heavy atom. The smallest absolute Gasteiger partial charge is 0.129 e. The van der Waals surface area contributed by atoms with Crippen molar-refractivity contribution in [2.45, 2.75) is 17.7 Å². The molecule has 0 aromatic heterocycles. The molecule has 0 heterocycles. The van der Waals surface area contributed by atoms with Crippen LogP contribution in [-0.4, -0.2) is 17.9 Å². The van der Waals surface area contributed by atoms with Crippen LogP contribution in [0.1, 0.15) is 18.4 Å². The summed E-state index contributed by atoms with van der Waals surface area (Å²) < 4.78 is 0. The van der Waals surface area contributed by atoms with E-state index in [1.165, 1.54) is 0 Å². The third-order valence-electron chi connectivity index (χ3n) is 2.11. The number of hydrogen-bond acceptors (Lipinski definition) is 3. The molecule has 13 heavy (non-hydrogen) atoms. The number of nitrogens with two attached hydrogens (primary N) is 1. The average Bonchev–Trinajstić information content (AvgIpc) is 2.16. The maximum absolute atomic E-state index is 9.57. The van der Waals surface area contributed by atoms with E-state index in [9.17, 15) is 5.11 Å². The van der Waals surface area contributed by atoms with Crippen molar-refractivity contribution >= 4 is 11.8 Å². The van der Waals surface area contributed by atoms with Crippen LogP contribution in [0.2, 0.25) is 0 Å². The molecule has 72 valence electrons. The summed E-state index contributed by atoms with van der Waals surface area (Å²) in [5.74, 6) is 0.653. The van der Waals surface area contributed by atoms with Gasteiger partial charge in [0, 0.05) is 0 Å². The van der Waals surface area contributed by atoms with Crippen LogP contribution in [0.3, 0.4) is 0 Å². The Kier molecular flexibility index (Phi) is 3.63. The predicted molar refractivity (Wildman–Crippen MR) is 57.4 cm³/mol. The molecule has 0 aliphatic carbocycles. The number of thioether (sulfide) groups is 1. The summed E-state index contributed by atoms with van der Waals surface area (Å²) in [4.78, 5) is 0.945. The minimum Gasteiger partial charge on any atom is -0.507 e. The fourth-order valence-corrected chi connectivity index (χ4v) is 2.06. The van der Waals surface area contributed by atoms with Gasteiger partial charge in [-0.05, 0) is 30.3 Å². The van der Waals surface area contributed by atoms with Crippen molar-refractivity contribution in [3.8, 4) is 5.75 Å². The summed E-state index contributed by atoms with van der Waals surface area (Å²) in [5.41, 5.74) is 6.72. The Labute approximate surface area is 83.1 Å². The monoisotopic (exact) mass is 197 g/mol. The normalized spacial score (nSPS) is 12.8. The quantitative estimate of drug-likeness (QED) is 0.730. The molecule has 1 atom stereocenters. The lowest BCUT2D eigenvalue weighted by Crippen LogP contribution is -2.09. The van der Waals surface area contributed by atoms with Crippen molar-refractivity contribution in [3.63, 3.8) is 0 Å². The molecule has 0 aliphatic heterocycles. The number of phenolic OH excluding ortho intramolecular Hbond substituents is 1. The lowest BCUT2D eigenvalue weighted by molar-refractivity contribution is 0.459. The van der Waals surface area contributed by atoms with Crippen LogP contribution in [0, 0.1) is 0 Å². The second kappa shape index (κ2) is 4.53. The maximum Gasteiger partial charge on any atom is 0.129 e. The largest absolute Gasteiger partial charge is 0.507 e. The molecule has 0 amide bonds. The van der Waals surface area contributed by atoms with Gasteiger partial charge in [0.25, 0.3) is 0 Å². The van der Waals surface area contributed by atoms with Crippen molar-refractivity contribution in [2.75, 3.05) is 12.8 Å². The highest BCUT2D eigenvalue weighted by molar-refractivity contribution is 7.98. The molecule has 1 aromatic carbocycles. The van der Waals surface area contributed by atoms with Gasteiger partial charge in [-0.1, -0.05) is 19.1 Å². The first-order chi connectivity index (χ1) is 6.20. The topological polar surface area (TPSA) is 46.2 Å². The molecular weight excluding hydrogens is 182 g/mol. The Bertz CT molecular complexity index is 288. The number of phenols is 1. The molecule has 1 aromatic rings. The summed E-state index contributed by atoms with van der Waals surface area (Å²) >= 11 is 1.56. The minimum absolute atomic E-state index is 0.301. The first-order valence-corrected chi connectivity index (χ1v) is 5.49. The van der Waals surface area contributed by atoms with Gasteiger partial charge in [-0.15, -0.1) is 11.8 Å². The van der Waals surface area contributed by atoms with Gasteiger partial charge in [-0.2, -0.15) is 0 Å². The van der Waals surface area contributed by atoms with Gasteiger partial charge in [0.2, 0.25) is 0 Å². The second-order valence-corrected chi connectivity index (χ2v) is 3.85. The number of hydrogen-bond donors (Lipinski definition) is 2. The van der Waals surface area contributed by atoms with Gasteiger partial charge in [-0.25, -0.2) is 0 Å². The number of aromatic hydroxyl groups is 1. The first-order valence-electron chi connectivity index (χ1n) is 4.26. The van der Waals surface area contributed by atoms with Crippen LogP contribution in [0.25, 0.3) is 0 Å². The fourth-order valence-electron chi connectivity index (χ4n) is 1.28. The molecule has 0 spiro atoms. The molecule has 0 saturated heterocycles. The second-order valence-electron chi connectivity index (χ2n) is 3.04. The van der Waals surface area contributed by atoms with Gasteiger partial charge in [0.05, 0.1) is 4.90 Å². The van der Waals surface area contributed by atoms with Crippen LogP contribution >= 0.6 is 11.8 Å². The van der Waals surface area contributed by atoms with E-state index < -0.39 is 0 Å². The van der Waals surface area contributed by atoms with Gasteiger partial charge >= 0.3 is 0 Å². The third-order valence-corrected chi connectivity index (χ3v) is 2.97. The Balaban J connectivity index is 3.12. The van der Waals surface area contributed by atoms with Crippen LogP contribution in [0.15, 0.2) is 23.1 Å². The van der Waals surface area contributed by atoms with Gasteiger partial charge in [-0.3, -0.25) is 0 Å². The SMILES string of the molecule is CSc1c(O)cccc1C(C)CN. The molecule has 1 rings (SSSR count). The van der Waals surface area contributed by atoms with E-state index in [0.717, 1.165) is 10.5 Å². The first kappa shape index (κ1) is 10.4. The van der Waals surface area contributed by atoms with Crippen molar-refractivity contribution in [2.24, 2.45) is 5.73 Å². The van der Waals surface area contributed by atoms with E-state index in [4.69, 9.17) is 5.73 Å². The zero-order valence-corrected chi connectivity index (χ0v) is 8.77. The summed E-state index contributed by atoms with van der Waals surface area (Å²) in [6, 6.07) is 5.58. The molecule has 0 saturated carbocycles. The minimum atomic E-state index is 0.301. The van der Waals surface area contributed by atoms with E-state index in [-0.39, 0.29) is 0 Å². The van der Waals surface area contributed by atoms with Crippen LogP contribution in [0.5, 0.6) is 5.75 Å². The molecular formula is C10H15NOS. The fraction of sp³-hybridized carbons (Fsp3) is 0.400. The van der Waals surface area contributed by atoms with Crippen LogP contribution < -0.4 is 5.73 Å². The van der Waals surface area contributed by atoms with Crippen molar-refractivity contribution in [3.05, 3.63) is 23.8 Å². The average molecular weight is 197 g/mol. The lowest BCUT2D eigenvalue weighted by Gasteiger charge is -2.14. The third kappa shape index (κ3) is 2.17. The predicted octanol–water partition coefficient (Wildman–Crippen LogP) is 2.18. The molecule has 1 unspecified atom stereocenters. The maximum atomic E-state index is 9.57. The summed E-state index contributed by atoms with van der Waals surface area (Å²) in [6.07, 6.45) is 1.96. The van der Waals surface area contributed by atoms with Crippen molar-refractivity contribution < 1.29 is 5.11 Å². The van der Waals surface area contributed by atoms with E-state index in [0.29, 0.717) is 18.2 Å². The highest BCUT2D eigenvalue weighted by atomic mass is 32.2. The summed E-state index contributed by atoms with van der Waals surface area (Å²) in [5, 5.41) is 9.57. The van der Waals surface area contributed by atoms with Gasteiger partial charge in [0.1, 0.15) is 5.75 Å². The number of benzene rings is 1. The van der Waals surface area contributed by atoms with E-state index in [1.807, 2.05) is 18.4 Å². The van der Waals surface area contributed by atoms with E-state index in [1.54, 1.807) is 17.8 Å². The summed E-state index contributed by atoms with van der Waals surface area (Å²) in [6.45, 7) is 2.67. The molecule has 0 aliphatic rings. The van der Waals surface area contributed by atoms with E-state index in [2.05, 4.69) is 6.92 Å². The molecule has 2 nitrogen and oxygen atoms in total. The zero-order valence-electron chi connectivity index (χ0n) is 7.95. The molecule has 3 N–H and O–H groups in total. The molecule has 0 radical (unpaired) electrons. The number of rotatable bonds is 3. The van der Waals surface area contributed by atoms with Crippen LogP contribution in [-0.2, 0) is 0 Å². The summed E-state index contributed by atoms with van der Waals surface area (Å²) in [7, 11) is 0. The lowest BCUT2D eigenvalue weighted by atomic mass is 10.0. The van der Waals surface area contributed by atoms with Crippen molar-refractivity contribution in [1.29, 1.82) is 0 Å². The highest BCUT2D eigenvalue weighted by Gasteiger charge is 2.11. The standard InChI is InChI=1S/C10H15NOS/c1-7(6-11)8-4-3-5-9(12)10(8)13-2/h3-5,7,12H,6,11H2,1-2H3.